The van der Waals surface area contributed by atoms with Gasteiger partial charge >= 0.3 is 0 Å². The molecule has 0 amide bonds. The van der Waals surface area contributed by atoms with Gasteiger partial charge in [0, 0.05) is 18.3 Å². The lowest BCUT2D eigenvalue weighted by molar-refractivity contribution is -0.0491. The van der Waals surface area contributed by atoms with Gasteiger partial charge in [-0.1, -0.05) is 0 Å². The maximum atomic E-state index is 9.07. The molecule has 0 aromatic heterocycles. The van der Waals surface area contributed by atoms with Crippen LogP contribution in [0.1, 0.15) is 38.5 Å². The summed E-state index contributed by atoms with van der Waals surface area (Å²) in [4.78, 5) is 3.96. The van der Waals surface area contributed by atoms with Crippen LogP contribution < -0.4 is 20.1 Å². The lowest BCUT2D eigenvalue weighted by Crippen LogP contribution is -2.51. The van der Waals surface area contributed by atoms with Crippen LogP contribution in [0.3, 0.4) is 0 Å². The fraction of sp³-hybridized carbons (Fsp3) is 0.600. The number of benzene rings is 1. The number of guanidine groups is 1. The van der Waals surface area contributed by atoms with Gasteiger partial charge in [0.15, 0.2) is 11.5 Å². The molecule has 4 bridgehead atoms. The van der Waals surface area contributed by atoms with Gasteiger partial charge in [-0.05, 0) is 73.8 Å². The molecule has 1 heterocycles. The van der Waals surface area contributed by atoms with Gasteiger partial charge in [-0.25, -0.2) is 0 Å². The maximum absolute atomic E-state index is 9.07. The van der Waals surface area contributed by atoms with Gasteiger partial charge in [-0.3, -0.25) is 0 Å². The van der Waals surface area contributed by atoms with E-state index in [9.17, 15) is 0 Å². The van der Waals surface area contributed by atoms with Crippen molar-refractivity contribution in [1.82, 2.24) is 5.32 Å². The predicted molar refractivity (Wildman–Crippen MR) is 97.8 cm³/mol. The molecule has 4 aliphatic carbocycles. The van der Waals surface area contributed by atoms with E-state index in [2.05, 4.69) is 15.6 Å². The summed E-state index contributed by atoms with van der Waals surface area (Å²) >= 11 is 0. The van der Waals surface area contributed by atoms with Crippen LogP contribution in [0.15, 0.2) is 23.2 Å². The molecule has 0 atom stereocenters. The van der Waals surface area contributed by atoms with Crippen molar-refractivity contribution in [3.8, 4) is 17.7 Å². The molecular weight excluding hydrogens is 328 g/mol. The van der Waals surface area contributed by atoms with Crippen LogP contribution in [0.2, 0.25) is 0 Å². The fourth-order valence-electron chi connectivity index (χ4n) is 6.05. The minimum atomic E-state index is 0.252. The lowest BCUT2D eigenvalue weighted by Gasteiger charge is -2.57. The van der Waals surface area contributed by atoms with Crippen molar-refractivity contribution >= 4 is 11.6 Å². The molecule has 2 N–H and O–H groups in total. The Bertz CT molecular complexity index is 747. The van der Waals surface area contributed by atoms with E-state index in [0.29, 0.717) is 17.1 Å². The van der Waals surface area contributed by atoms with Crippen molar-refractivity contribution in [2.45, 2.75) is 38.5 Å². The summed E-state index contributed by atoms with van der Waals surface area (Å²) in [6.07, 6.45) is 10.2. The fourth-order valence-corrected chi connectivity index (χ4v) is 6.05. The van der Waals surface area contributed by atoms with Gasteiger partial charge in [0.1, 0.15) is 0 Å². The number of nitrogens with one attached hydrogen (secondary N) is 2. The number of anilines is 1. The Hall–Kier alpha value is -2.42. The van der Waals surface area contributed by atoms with Crippen molar-refractivity contribution in [2.24, 2.45) is 28.2 Å². The Labute approximate surface area is 153 Å². The van der Waals surface area contributed by atoms with E-state index in [-0.39, 0.29) is 6.79 Å². The topological polar surface area (TPSA) is 78.7 Å². The number of rotatable bonds is 3. The quantitative estimate of drug-likeness (QED) is 0.495. The largest absolute Gasteiger partial charge is 0.454 e. The molecular formula is C20H24N4O2. The number of ether oxygens (including phenoxy) is 2. The number of hydrogen-bond donors (Lipinski definition) is 2. The molecule has 0 unspecified atom stereocenters. The molecule has 4 saturated carbocycles. The maximum Gasteiger partial charge on any atom is 0.231 e. The van der Waals surface area contributed by atoms with Crippen molar-refractivity contribution in [3.63, 3.8) is 0 Å². The molecule has 6 heteroatoms. The molecule has 136 valence electrons. The summed E-state index contributed by atoms with van der Waals surface area (Å²) in [5, 5.41) is 15.7. The van der Waals surface area contributed by atoms with Crippen molar-refractivity contribution in [1.29, 1.82) is 5.26 Å². The molecule has 1 aliphatic heterocycles. The minimum absolute atomic E-state index is 0.252. The molecule has 6 rings (SSSR count). The van der Waals surface area contributed by atoms with E-state index in [1.165, 1.54) is 38.5 Å². The van der Waals surface area contributed by atoms with Crippen molar-refractivity contribution < 1.29 is 9.47 Å². The van der Waals surface area contributed by atoms with Crippen LogP contribution in [0.25, 0.3) is 0 Å². The SMILES string of the molecule is N#C/N=C(\NCC12CC3CC(CC(C3)C1)C2)Nc1ccc2c(c1)OCO2. The summed E-state index contributed by atoms with van der Waals surface area (Å²) in [6.45, 7) is 1.15. The van der Waals surface area contributed by atoms with Gasteiger partial charge in [0.25, 0.3) is 0 Å². The third-order valence-electron chi connectivity index (χ3n) is 6.59. The van der Waals surface area contributed by atoms with E-state index in [4.69, 9.17) is 14.7 Å². The van der Waals surface area contributed by atoms with Crippen LogP contribution in [-0.2, 0) is 0 Å². The smallest absolute Gasteiger partial charge is 0.231 e. The Balaban J connectivity index is 1.27. The molecule has 5 aliphatic rings. The second kappa shape index (κ2) is 6.08. The second-order valence-corrected chi connectivity index (χ2v) is 8.52. The average Bonchev–Trinajstić information content (AvgIpc) is 3.06. The first-order chi connectivity index (χ1) is 12.7. The molecule has 1 aromatic rings. The van der Waals surface area contributed by atoms with E-state index < -0.39 is 0 Å². The summed E-state index contributed by atoms with van der Waals surface area (Å²) in [6, 6.07) is 5.65. The third kappa shape index (κ3) is 2.86. The zero-order valence-electron chi connectivity index (χ0n) is 14.8. The highest BCUT2D eigenvalue weighted by molar-refractivity contribution is 5.94. The molecule has 0 saturated heterocycles. The Morgan fingerprint density at radius 2 is 1.81 bits per heavy atom. The Morgan fingerprint density at radius 3 is 2.50 bits per heavy atom. The Kier molecular flexibility index (Phi) is 3.70. The highest BCUT2D eigenvalue weighted by Gasteiger charge is 2.50. The van der Waals surface area contributed by atoms with E-state index >= 15 is 0 Å². The molecule has 4 fully saturated rings. The van der Waals surface area contributed by atoms with E-state index in [0.717, 1.165) is 35.7 Å². The summed E-state index contributed by atoms with van der Waals surface area (Å²) in [5.41, 5.74) is 1.22. The number of nitrogens with zero attached hydrogens (tertiary/aromatic N) is 2. The van der Waals surface area contributed by atoms with Gasteiger partial charge in [-0.2, -0.15) is 5.26 Å². The zero-order chi connectivity index (χ0) is 17.6. The second-order valence-electron chi connectivity index (χ2n) is 8.52. The van der Waals surface area contributed by atoms with Gasteiger partial charge in [0.05, 0.1) is 0 Å². The zero-order valence-corrected chi connectivity index (χ0v) is 14.8. The van der Waals surface area contributed by atoms with Gasteiger partial charge in [0.2, 0.25) is 18.9 Å². The normalized spacial score (nSPS) is 33.8. The monoisotopic (exact) mass is 352 g/mol. The predicted octanol–water partition coefficient (Wildman–Crippen LogP) is 3.47. The first-order valence-electron chi connectivity index (χ1n) is 9.59. The summed E-state index contributed by atoms with van der Waals surface area (Å²) < 4.78 is 10.8. The number of hydrogen-bond acceptors (Lipinski definition) is 4. The van der Waals surface area contributed by atoms with Crippen molar-refractivity contribution in [3.05, 3.63) is 18.2 Å². The molecule has 0 radical (unpaired) electrons. The molecule has 1 aromatic carbocycles. The molecule has 26 heavy (non-hydrogen) atoms. The number of nitriles is 1. The first-order valence-corrected chi connectivity index (χ1v) is 9.59. The van der Waals surface area contributed by atoms with Crippen LogP contribution in [0.5, 0.6) is 11.5 Å². The minimum Gasteiger partial charge on any atom is -0.454 e. The van der Waals surface area contributed by atoms with Crippen molar-refractivity contribution in [2.75, 3.05) is 18.7 Å². The molecule has 6 nitrogen and oxygen atoms in total. The average molecular weight is 352 g/mol. The van der Waals surface area contributed by atoms with Gasteiger partial charge in [-0.15, -0.1) is 4.99 Å². The Morgan fingerprint density at radius 1 is 1.12 bits per heavy atom. The number of fused-ring (bicyclic) bond motifs is 1. The van der Waals surface area contributed by atoms with E-state index in [1.54, 1.807) is 0 Å². The molecule has 0 spiro atoms. The summed E-state index contributed by atoms with van der Waals surface area (Å²) in [7, 11) is 0. The van der Waals surface area contributed by atoms with Crippen LogP contribution in [0, 0.1) is 34.6 Å². The van der Waals surface area contributed by atoms with Crippen LogP contribution in [0.4, 0.5) is 5.69 Å². The lowest BCUT2D eigenvalue weighted by atomic mass is 9.49. The number of aliphatic imine (C=N–C) groups is 1. The van der Waals surface area contributed by atoms with Gasteiger partial charge < -0.3 is 20.1 Å². The summed E-state index contributed by atoms with van der Waals surface area (Å²) in [5.74, 6) is 4.73. The highest BCUT2D eigenvalue weighted by atomic mass is 16.7. The first kappa shape index (κ1) is 15.8. The van der Waals surface area contributed by atoms with Crippen LogP contribution >= 0.6 is 0 Å². The van der Waals surface area contributed by atoms with E-state index in [1.807, 2.05) is 24.4 Å². The standard InChI is InChI=1S/C20H24N4O2/c21-11-23-19(24-16-1-2-17-18(6-16)26-12-25-17)22-10-20-7-13-3-14(8-20)5-15(4-13)9-20/h1-2,6,13-15H,3-5,7-10,12H2,(H2,22,23,24). The highest BCUT2D eigenvalue weighted by Crippen LogP contribution is 2.59. The third-order valence-corrected chi connectivity index (χ3v) is 6.59. The van der Waals surface area contributed by atoms with Crippen LogP contribution in [-0.4, -0.2) is 19.3 Å².